The van der Waals surface area contributed by atoms with E-state index < -0.39 is 10.0 Å². The van der Waals surface area contributed by atoms with Gasteiger partial charge in [0.15, 0.2) is 0 Å². The second-order valence-corrected chi connectivity index (χ2v) is 6.30. The monoisotopic (exact) mass is 306 g/mol. The van der Waals surface area contributed by atoms with Crippen LogP contribution >= 0.6 is 0 Å². The summed E-state index contributed by atoms with van der Waals surface area (Å²) in [7, 11) is -3.57. The molecule has 5 nitrogen and oxygen atoms in total. The zero-order valence-electron chi connectivity index (χ0n) is 11.8. The number of pyridine rings is 1. The van der Waals surface area contributed by atoms with Crippen molar-refractivity contribution in [3.05, 3.63) is 59.4 Å². The number of aliphatic hydroxyl groups is 1. The molecule has 0 bridgehead atoms. The summed E-state index contributed by atoms with van der Waals surface area (Å²) in [6.45, 7) is 1.84. The van der Waals surface area contributed by atoms with Crippen molar-refractivity contribution in [2.24, 2.45) is 0 Å². The maximum absolute atomic E-state index is 12.4. The SMILES string of the molecule is CCc1ccccc1S(=O)(=O)NCc1cccc(CO)n1. The molecule has 0 saturated carbocycles. The molecule has 0 atom stereocenters. The molecule has 0 radical (unpaired) electrons. The van der Waals surface area contributed by atoms with E-state index in [1.165, 1.54) is 0 Å². The van der Waals surface area contributed by atoms with Crippen LogP contribution in [0.1, 0.15) is 23.9 Å². The molecule has 0 unspecified atom stereocenters. The summed E-state index contributed by atoms with van der Waals surface area (Å²) in [5, 5.41) is 9.04. The van der Waals surface area contributed by atoms with Crippen LogP contribution in [0.3, 0.4) is 0 Å². The van der Waals surface area contributed by atoms with Crippen LogP contribution < -0.4 is 4.72 Å². The molecule has 1 aromatic heterocycles. The summed E-state index contributed by atoms with van der Waals surface area (Å²) in [5.74, 6) is 0. The van der Waals surface area contributed by atoms with E-state index in [2.05, 4.69) is 9.71 Å². The second kappa shape index (κ2) is 6.80. The van der Waals surface area contributed by atoms with Gasteiger partial charge in [0.25, 0.3) is 0 Å². The first-order chi connectivity index (χ1) is 10.1. The van der Waals surface area contributed by atoms with E-state index in [4.69, 9.17) is 5.11 Å². The maximum Gasteiger partial charge on any atom is 0.241 e. The topological polar surface area (TPSA) is 79.3 Å². The smallest absolute Gasteiger partial charge is 0.241 e. The summed E-state index contributed by atoms with van der Waals surface area (Å²) < 4.78 is 27.2. The van der Waals surface area contributed by atoms with Gasteiger partial charge in [0.1, 0.15) is 0 Å². The van der Waals surface area contributed by atoms with Gasteiger partial charge in [-0.15, -0.1) is 0 Å². The van der Waals surface area contributed by atoms with Gasteiger partial charge in [0, 0.05) is 0 Å². The van der Waals surface area contributed by atoms with Gasteiger partial charge in [-0.1, -0.05) is 31.2 Å². The first kappa shape index (κ1) is 15.6. The molecule has 6 heteroatoms. The molecule has 0 aliphatic carbocycles. The number of nitrogens with one attached hydrogen (secondary N) is 1. The molecule has 112 valence electrons. The average molecular weight is 306 g/mol. The molecule has 0 spiro atoms. The molecule has 1 aromatic carbocycles. The Kier molecular flexibility index (Phi) is 5.06. The summed E-state index contributed by atoms with van der Waals surface area (Å²) in [6, 6.07) is 12.1. The van der Waals surface area contributed by atoms with Crippen molar-refractivity contribution < 1.29 is 13.5 Å². The molecule has 0 amide bonds. The predicted molar refractivity (Wildman–Crippen MR) is 80.0 cm³/mol. The van der Waals surface area contributed by atoms with E-state index in [9.17, 15) is 8.42 Å². The average Bonchev–Trinajstić information content (AvgIpc) is 2.53. The van der Waals surface area contributed by atoms with Gasteiger partial charge in [0.05, 0.1) is 29.4 Å². The third-order valence-electron chi connectivity index (χ3n) is 3.11. The van der Waals surface area contributed by atoms with Gasteiger partial charge < -0.3 is 5.11 Å². The second-order valence-electron chi connectivity index (χ2n) is 4.56. The van der Waals surface area contributed by atoms with E-state index in [1.54, 1.807) is 36.4 Å². The Morgan fingerprint density at radius 2 is 1.81 bits per heavy atom. The molecule has 21 heavy (non-hydrogen) atoms. The fourth-order valence-corrected chi connectivity index (χ4v) is 3.33. The van der Waals surface area contributed by atoms with Gasteiger partial charge in [-0.05, 0) is 30.2 Å². The third-order valence-corrected chi connectivity index (χ3v) is 4.61. The van der Waals surface area contributed by atoms with Crippen LogP contribution in [0.25, 0.3) is 0 Å². The Morgan fingerprint density at radius 3 is 2.52 bits per heavy atom. The highest BCUT2D eigenvalue weighted by atomic mass is 32.2. The first-order valence-electron chi connectivity index (χ1n) is 6.70. The molecule has 2 aromatic rings. The zero-order chi connectivity index (χ0) is 15.3. The highest BCUT2D eigenvalue weighted by molar-refractivity contribution is 7.89. The largest absolute Gasteiger partial charge is 0.390 e. The van der Waals surface area contributed by atoms with Crippen LogP contribution in [0, 0.1) is 0 Å². The van der Waals surface area contributed by atoms with Crippen LogP contribution in [0.4, 0.5) is 0 Å². The van der Waals surface area contributed by atoms with Crippen molar-refractivity contribution >= 4 is 10.0 Å². The predicted octanol–water partition coefficient (Wildman–Crippen LogP) is 1.61. The number of nitrogens with zero attached hydrogens (tertiary/aromatic N) is 1. The number of hydrogen-bond donors (Lipinski definition) is 2. The highest BCUT2D eigenvalue weighted by Gasteiger charge is 2.17. The van der Waals surface area contributed by atoms with Crippen molar-refractivity contribution in [1.82, 2.24) is 9.71 Å². The van der Waals surface area contributed by atoms with Crippen molar-refractivity contribution in [2.75, 3.05) is 0 Å². The molecule has 2 rings (SSSR count). The fraction of sp³-hybridized carbons (Fsp3) is 0.267. The summed E-state index contributed by atoms with van der Waals surface area (Å²) in [4.78, 5) is 4.45. The summed E-state index contributed by atoms with van der Waals surface area (Å²) in [6.07, 6.45) is 0.648. The fourth-order valence-electron chi connectivity index (χ4n) is 2.02. The molecule has 0 fully saturated rings. The zero-order valence-corrected chi connectivity index (χ0v) is 12.6. The van der Waals surface area contributed by atoms with Gasteiger partial charge in [-0.25, -0.2) is 13.1 Å². The molecule has 2 N–H and O–H groups in total. The third kappa shape index (κ3) is 3.87. The van der Waals surface area contributed by atoms with Crippen molar-refractivity contribution in [2.45, 2.75) is 31.4 Å². The van der Waals surface area contributed by atoms with E-state index >= 15 is 0 Å². The van der Waals surface area contributed by atoms with Crippen LogP contribution in [0.15, 0.2) is 47.4 Å². The molecule has 0 saturated heterocycles. The number of rotatable bonds is 6. The molecule has 0 aliphatic rings. The number of benzene rings is 1. The Hall–Kier alpha value is -1.76. The van der Waals surface area contributed by atoms with Gasteiger partial charge in [0.2, 0.25) is 10.0 Å². The van der Waals surface area contributed by atoms with Gasteiger partial charge in [-0.3, -0.25) is 4.98 Å². The van der Waals surface area contributed by atoms with Crippen molar-refractivity contribution in [3.8, 4) is 0 Å². The molecule has 0 aliphatic heterocycles. The quantitative estimate of drug-likeness (QED) is 0.850. The lowest BCUT2D eigenvalue weighted by molar-refractivity contribution is 0.276. The lowest BCUT2D eigenvalue weighted by Gasteiger charge is -2.10. The minimum absolute atomic E-state index is 0.0915. The Bertz CT molecular complexity index is 714. The Morgan fingerprint density at radius 1 is 1.10 bits per heavy atom. The molecular weight excluding hydrogens is 288 g/mol. The Labute approximate surface area is 124 Å². The van der Waals surface area contributed by atoms with E-state index in [0.717, 1.165) is 5.56 Å². The van der Waals surface area contributed by atoms with Crippen LogP contribution in [-0.4, -0.2) is 18.5 Å². The van der Waals surface area contributed by atoms with Crippen molar-refractivity contribution in [1.29, 1.82) is 0 Å². The first-order valence-corrected chi connectivity index (χ1v) is 8.18. The number of aliphatic hydroxyl groups excluding tert-OH is 1. The summed E-state index contributed by atoms with van der Waals surface area (Å²) in [5.41, 5.74) is 1.86. The van der Waals surface area contributed by atoms with E-state index in [-0.39, 0.29) is 13.2 Å². The van der Waals surface area contributed by atoms with Crippen LogP contribution in [0.2, 0.25) is 0 Å². The van der Waals surface area contributed by atoms with Crippen LogP contribution in [0.5, 0.6) is 0 Å². The number of aromatic nitrogens is 1. The minimum atomic E-state index is -3.57. The number of aryl methyl sites for hydroxylation is 1. The lowest BCUT2D eigenvalue weighted by Crippen LogP contribution is -2.24. The number of sulfonamides is 1. The van der Waals surface area contributed by atoms with Gasteiger partial charge in [-0.2, -0.15) is 0 Å². The van der Waals surface area contributed by atoms with Crippen LogP contribution in [-0.2, 0) is 29.6 Å². The summed E-state index contributed by atoms with van der Waals surface area (Å²) >= 11 is 0. The lowest BCUT2D eigenvalue weighted by atomic mass is 10.2. The van der Waals surface area contributed by atoms with Gasteiger partial charge >= 0.3 is 0 Å². The standard InChI is InChI=1S/C15H18N2O3S/c1-2-12-6-3-4-9-15(12)21(19,20)16-10-13-7-5-8-14(11-18)17-13/h3-9,16,18H,2,10-11H2,1H3. The van der Waals surface area contributed by atoms with Crippen molar-refractivity contribution in [3.63, 3.8) is 0 Å². The normalized spacial score (nSPS) is 11.5. The maximum atomic E-state index is 12.4. The highest BCUT2D eigenvalue weighted by Crippen LogP contribution is 2.16. The van der Waals surface area contributed by atoms with E-state index in [0.29, 0.717) is 22.7 Å². The Balaban J connectivity index is 2.18. The minimum Gasteiger partial charge on any atom is -0.390 e. The molecule has 1 heterocycles. The number of hydrogen-bond acceptors (Lipinski definition) is 4. The molecular formula is C15H18N2O3S. The van der Waals surface area contributed by atoms with E-state index in [1.807, 2.05) is 13.0 Å².